The summed E-state index contributed by atoms with van der Waals surface area (Å²) in [7, 11) is 4.23. The molecule has 0 aromatic heterocycles. The van der Waals surface area contributed by atoms with E-state index in [1.165, 1.54) is 27.4 Å². The number of benzene rings is 2. The number of ether oxygens (including phenoxy) is 3. The number of carbonyl (C=O) groups excluding carboxylic acids is 1. The molecule has 0 unspecified atom stereocenters. The third kappa shape index (κ3) is 4.79. The lowest BCUT2D eigenvalue weighted by molar-refractivity contribution is -0.138. The Kier molecular flexibility index (Phi) is 6.98. The van der Waals surface area contributed by atoms with Crippen molar-refractivity contribution in [2.75, 3.05) is 21.3 Å². The maximum Gasteiger partial charge on any atom is 0.339 e. The number of allylic oxidation sites excluding steroid dienone is 1. The summed E-state index contributed by atoms with van der Waals surface area (Å²) in [5.74, 6) is -0.953. The highest BCUT2D eigenvalue weighted by molar-refractivity contribution is 6.14. The maximum absolute atomic E-state index is 12.5. The Balaban J connectivity index is 2.75. The second-order valence-corrected chi connectivity index (χ2v) is 5.87. The molecule has 0 spiro atoms. The van der Waals surface area contributed by atoms with Gasteiger partial charge in [0.15, 0.2) is 0 Å². The fraction of sp³-hybridized carbons (Fsp3) is 0.182. The van der Waals surface area contributed by atoms with E-state index in [0.717, 1.165) is 0 Å². The molecular weight excluding hydrogens is 360 g/mol. The average Bonchev–Trinajstić information content (AvgIpc) is 2.72. The molecule has 0 aliphatic carbocycles. The second kappa shape index (κ2) is 9.41. The lowest BCUT2D eigenvalue weighted by Gasteiger charge is -2.14. The minimum Gasteiger partial charge on any atom is -0.497 e. The molecule has 28 heavy (non-hydrogen) atoms. The third-order valence-corrected chi connectivity index (χ3v) is 4.16. The first kappa shape index (κ1) is 20.8. The maximum atomic E-state index is 12.5. The zero-order valence-electron chi connectivity index (χ0n) is 16.2. The van der Waals surface area contributed by atoms with E-state index in [4.69, 9.17) is 14.2 Å². The zero-order valence-corrected chi connectivity index (χ0v) is 16.2. The fourth-order valence-corrected chi connectivity index (χ4v) is 2.69. The first-order valence-electron chi connectivity index (χ1n) is 8.44. The van der Waals surface area contributed by atoms with Crippen molar-refractivity contribution in [3.05, 3.63) is 70.8 Å². The van der Waals surface area contributed by atoms with Crippen molar-refractivity contribution in [3.8, 4) is 11.5 Å². The van der Waals surface area contributed by atoms with Gasteiger partial charge in [0.2, 0.25) is 0 Å². The quantitative estimate of drug-likeness (QED) is 0.445. The number of methoxy groups -OCH3 is 3. The molecule has 0 aliphatic rings. The molecule has 0 heterocycles. The number of carboxylic acid groups (broad SMARTS) is 1. The highest BCUT2D eigenvalue weighted by atomic mass is 16.5. The molecule has 2 rings (SSSR count). The molecule has 2 aromatic carbocycles. The summed E-state index contributed by atoms with van der Waals surface area (Å²) >= 11 is 0. The largest absolute Gasteiger partial charge is 0.497 e. The van der Waals surface area contributed by atoms with Crippen molar-refractivity contribution in [3.63, 3.8) is 0 Å². The van der Waals surface area contributed by atoms with E-state index in [1.54, 1.807) is 49.4 Å². The van der Waals surface area contributed by atoms with Gasteiger partial charge in [0.25, 0.3) is 0 Å². The van der Waals surface area contributed by atoms with Crippen molar-refractivity contribution < 1.29 is 28.9 Å². The summed E-state index contributed by atoms with van der Waals surface area (Å²) in [6.45, 7) is 1.66. The van der Waals surface area contributed by atoms with Crippen molar-refractivity contribution in [2.45, 2.75) is 6.92 Å². The summed E-state index contributed by atoms with van der Waals surface area (Å²) in [5, 5.41) is 9.79. The van der Waals surface area contributed by atoms with Crippen LogP contribution in [0.4, 0.5) is 0 Å². The summed E-state index contributed by atoms with van der Waals surface area (Å²) in [6.07, 6.45) is 1.44. The van der Waals surface area contributed by atoms with Gasteiger partial charge in [0, 0.05) is 6.07 Å². The number of carboxylic acids is 1. The van der Waals surface area contributed by atoms with Crippen molar-refractivity contribution in [1.82, 2.24) is 0 Å². The number of hydrogen-bond acceptors (Lipinski definition) is 5. The van der Waals surface area contributed by atoms with E-state index >= 15 is 0 Å². The molecule has 0 amide bonds. The van der Waals surface area contributed by atoms with Gasteiger partial charge in [-0.05, 0) is 41.8 Å². The number of rotatable bonds is 7. The molecule has 0 saturated heterocycles. The topological polar surface area (TPSA) is 82.1 Å². The van der Waals surface area contributed by atoms with Crippen LogP contribution in [0.3, 0.4) is 0 Å². The first-order valence-corrected chi connectivity index (χ1v) is 8.44. The molecule has 0 saturated carbocycles. The van der Waals surface area contributed by atoms with Gasteiger partial charge in [-0.2, -0.15) is 0 Å². The minimum atomic E-state index is -1.24. The molecule has 0 bridgehead atoms. The number of hydrogen-bond donors (Lipinski definition) is 1. The normalized spacial score (nSPS) is 12.1. The molecule has 6 nitrogen and oxygen atoms in total. The minimum absolute atomic E-state index is 0.0471. The lowest BCUT2D eigenvalue weighted by Crippen LogP contribution is -2.15. The van der Waals surface area contributed by atoms with Gasteiger partial charge in [-0.3, -0.25) is 0 Å². The SMILES string of the molecule is COC(=O)C(=C(/C)c1cc(OC)cc(OC)c1)/C(=C\c1ccccc1)C(=O)O. The van der Waals surface area contributed by atoms with Crippen LogP contribution in [-0.4, -0.2) is 38.4 Å². The first-order chi connectivity index (χ1) is 13.4. The Morgan fingerprint density at radius 1 is 0.929 bits per heavy atom. The van der Waals surface area contributed by atoms with Crippen molar-refractivity contribution in [1.29, 1.82) is 0 Å². The van der Waals surface area contributed by atoms with Gasteiger partial charge >= 0.3 is 11.9 Å². The summed E-state index contributed by atoms with van der Waals surface area (Å²) < 4.78 is 15.4. The number of carbonyl (C=O) groups is 2. The number of esters is 1. The smallest absolute Gasteiger partial charge is 0.339 e. The van der Waals surface area contributed by atoms with Gasteiger partial charge in [0.1, 0.15) is 11.5 Å². The average molecular weight is 382 g/mol. The molecular formula is C22H22O6. The highest BCUT2D eigenvalue weighted by Crippen LogP contribution is 2.31. The van der Waals surface area contributed by atoms with Crippen LogP contribution in [0.5, 0.6) is 11.5 Å². The van der Waals surface area contributed by atoms with Gasteiger partial charge < -0.3 is 19.3 Å². The van der Waals surface area contributed by atoms with Crippen LogP contribution >= 0.6 is 0 Å². The van der Waals surface area contributed by atoms with Crippen LogP contribution in [-0.2, 0) is 14.3 Å². The van der Waals surface area contributed by atoms with Gasteiger partial charge in [-0.1, -0.05) is 30.3 Å². The zero-order chi connectivity index (χ0) is 20.7. The van der Waals surface area contributed by atoms with E-state index in [2.05, 4.69) is 0 Å². The van der Waals surface area contributed by atoms with Crippen LogP contribution in [0.25, 0.3) is 11.6 Å². The molecule has 0 atom stereocenters. The monoisotopic (exact) mass is 382 g/mol. The van der Waals surface area contributed by atoms with Gasteiger partial charge in [-0.15, -0.1) is 0 Å². The van der Waals surface area contributed by atoms with E-state index in [9.17, 15) is 14.7 Å². The molecule has 6 heteroatoms. The molecule has 0 aliphatic heterocycles. The Morgan fingerprint density at radius 3 is 1.96 bits per heavy atom. The Bertz CT molecular complexity index is 903. The fourth-order valence-electron chi connectivity index (χ4n) is 2.69. The van der Waals surface area contributed by atoms with Gasteiger partial charge in [-0.25, -0.2) is 9.59 Å². The van der Waals surface area contributed by atoms with Crippen LogP contribution in [0.2, 0.25) is 0 Å². The summed E-state index contributed by atoms with van der Waals surface area (Å²) in [4.78, 5) is 24.5. The van der Waals surface area contributed by atoms with Crippen LogP contribution in [0, 0.1) is 0 Å². The summed E-state index contributed by atoms with van der Waals surface area (Å²) in [6, 6.07) is 14.0. The Morgan fingerprint density at radius 2 is 1.50 bits per heavy atom. The van der Waals surface area contributed by atoms with E-state index in [0.29, 0.717) is 28.2 Å². The van der Waals surface area contributed by atoms with E-state index in [-0.39, 0.29) is 11.1 Å². The van der Waals surface area contributed by atoms with E-state index < -0.39 is 11.9 Å². The Labute approximate surface area is 163 Å². The predicted molar refractivity (Wildman–Crippen MR) is 106 cm³/mol. The van der Waals surface area contributed by atoms with Crippen LogP contribution in [0.15, 0.2) is 59.7 Å². The second-order valence-electron chi connectivity index (χ2n) is 5.87. The van der Waals surface area contributed by atoms with E-state index in [1.807, 2.05) is 6.07 Å². The summed E-state index contributed by atoms with van der Waals surface area (Å²) in [5.41, 5.74) is 1.44. The predicted octanol–water partition coefficient (Wildman–Crippen LogP) is 3.82. The van der Waals surface area contributed by atoms with Crippen LogP contribution < -0.4 is 9.47 Å². The Hall–Kier alpha value is -3.54. The molecule has 1 N–H and O–H groups in total. The molecule has 0 radical (unpaired) electrons. The van der Waals surface area contributed by atoms with Crippen LogP contribution in [0.1, 0.15) is 18.1 Å². The van der Waals surface area contributed by atoms with Gasteiger partial charge in [0.05, 0.1) is 32.5 Å². The lowest BCUT2D eigenvalue weighted by atomic mass is 9.94. The molecule has 0 fully saturated rings. The molecule has 2 aromatic rings. The standard InChI is InChI=1S/C22H22O6/c1-14(16-11-17(26-2)13-18(12-16)27-3)20(22(25)28-4)19(21(23)24)10-15-8-6-5-7-9-15/h5-13H,1-4H3,(H,23,24)/b19-10+,20-14-. The highest BCUT2D eigenvalue weighted by Gasteiger charge is 2.25. The number of aliphatic carboxylic acids is 1. The van der Waals surface area contributed by atoms with Crippen molar-refractivity contribution in [2.24, 2.45) is 0 Å². The third-order valence-electron chi connectivity index (χ3n) is 4.16. The molecule has 146 valence electrons. The van der Waals surface area contributed by atoms with Crippen molar-refractivity contribution >= 4 is 23.6 Å².